The lowest BCUT2D eigenvalue weighted by Crippen LogP contribution is -2.26. The Bertz CT molecular complexity index is 1120. The van der Waals surface area contributed by atoms with E-state index in [2.05, 4.69) is 20.4 Å². The molecule has 0 aliphatic carbocycles. The summed E-state index contributed by atoms with van der Waals surface area (Å²) in [5, 5.41) is 6.65. The highest BCUT2D eigenvalue weighted by Gasteiger charge is 2.30. The SMILES string of the molecule is Cc1ccccc1-n1c(C)cc(/C=N\NC(=O)CNc2cccc(C(F)(F)F)c2)c1C. The van der Waals surface area contributed by atoms with E-state index in [1.165, 1.54) is 12.1 Å². The molecule has 0 fully saturated rings. The first-order valence-electron chi connectivity index (χ1n) is 9.65. The average molecular weight is 428 g/mol. The number of aromatic nitrogens is 1. The third-order valence-electron chi connectivity index (χ3n) is 4.86. The molecule has 0 saturated heterocycles. The van der Waals surface area contributed by atoms with Crippen LogP contribution in [-0.2, 0) is 11.0 Å². The van der Waals surface area contributed by atoms with Gasteiger partial charge < -0.3 is 9.88 Å². The van der Waals surface area contributed by atoms with Gasteiger partial charge >= 0.3 is 6.18 Å². The number of hydrazone groups is 1. The first kappa shape index (κ1) is 22.1. The Morgan fingerprint density at radius 2 is 1.81 bits per heavy atom. The van der Waals surface area contributed by atoms with E-state index in [1.54, 1.807) is 6.21 Å². The normalized spacial score (nSPS) is 11.7. The van der Waals surface area contributed by atoms with Crippen molar-refractivity contribution in [3.8, 4) is 5.69 Å². The third kappa shape index (κ3) is 5.33. The van der Waals surface area contributed by atoms with Crippen molar-refractivity contribution in [2.75, 3.05) is 11.9 Å². The van der Waals surface area contributed by atoms with E-state index in [-0.39, 0.29) is 12.2 Å². The van der Waals surface area contributed by atoms with E-state index in [9.17, 15) is 18.0 Å². The summed E-state index contributed by atoms with van der Waals surface area (Å²) in [7, 11) is 0. The number of amides is 1. The number of hydrogen-bond donors (Lipinski definition) is 2. The number of carbonyl (C=O) groups is 1. The zero-order valence-electron chi connectivity index (χ0n) is 17.4. The van der Waals surface area contributed by atoms with Crippen LogP contribution in [0.4, 0.5) is 18.9 Å². The summed E-state index contributed by atoms with van der Waals surface area (Å²) in [5.41, 5.74) is 6.90. The van der Waals surface area contributed by atoms with Crippen molar-refractivity contribution < 1.29 is 18.0 Å². The first-order valence-corrected chi connectivity index (χ1v) is 9.65. The molecule has 0 spiro atoms. The second kappa shape index (κ2) is 9.07. The molecule has 2 aromatic carbocycles. The number of aryl methyl sites for hydroxylation is 2. The van der Waals surface area contributed by atoms with Gasteiger partial charge in [0.1, 0.15) is 0 Å². The predicted octanol–water partition coefficient (Wildman–Crippen LogP) is 4.98. The van der Waals surface area contributed by atoms with Gasteiger partial charge in [-0.3, -0.25) is 4.79 Å². The molecule has 0 aliphatic rings. The van der Waals surface area contributed by atoms with Gasteiger partial charge in [-0.15, -0.1) is 0 Å². The van der Waals surface area contributed by atoms with Gasteiger partial charge in [-0.2, -0.15) is 18.3 Å². The van der Waals surface area contributed by atoms with Crippen molar-refractivity contribution in [3.63, 3.8) is 0 Å². The largest absolute Gasteiger partial charge is 0.416 e. The second-order valence-corrected chi connectivity index (χ2v) is 7.17. The molecule has 31 heavy (non-hydrogen) atoms. The smallest absolute Gasteiger partial charge is 0.376 e. The fourth-order valence-electron chi connectivity index (χ4n) is 3.30. The predicted molar refractivity (Wildman–Crippen MR) is 116 cm³/mol. The Morgan fingerprint density at radius 1 is 1.06 bits per heavy atom. The van der Waals surface area contributed by atoms with Crippen LogP contribution in [0.25, 0.3) is 5.69 Å². The maximum Gasteiger partial charge on any atom is 0.416 e. The minimum absolute atomic E-state index is 0.204. The number of rotatable bonds is 6. The van der Waals surface area contributed by atoms with E-state index >= 15 is 0 Å². The van der Waals surface area contributed by atoms with Gasteiger partial charge in [-0.05, 0) is 56.7 Å². The van der Waals surface area contributed by atoms with Crippen molar-refractivity contribution in [1.82, 2.24) is 9.99 Å². The molecule has 1 aromatic heterocycles. The lowest BCUT2D eigenvalue weighted by molar-refractivity contribution is -0.137. The zero-order chi connectivity index (χ0) is 22.6. The van der Waals surface area contributed by atoms with E-state index in [0.29, 0.717) is 0 Å². The fraction of sp³-hybridized carbons (Fsp3) is 0.217. The maximum atomic E-state index is 12.8. The molecule has 1 amide bonds. The topological polar surface area (TPSA) is 58.4 Å². The van der Waals surface area contributed by atoms with Crippen molar-refractivity contribution in [3.05, 3.63) is 82.7 Å². The summed E-state index contributed by atoms with van der Waals surface area (Å²) in [6.45, 7) is 5.80. The Morgan fingerprint density at radius 3 is 2.52 bits per heavy atom. The molecule has 8 heteroatoms. The first-order chi connectivity index (χ1) is 14.7. The van der Waals surface area contributed by atoms with Crippen LogP contribution in [0.15, 0.2) is 59.7 Å². The number of para-hydroxylation sites is 1. The standard InChI is InChI=1S/C23H23F3N4O/c1-15-7-4-5-10-21(15)30-16(2)11-18(17(30)3)13-28-29-22(31)14-27-20-9-6-8-19(12-20)23(24,25)26/h4-13,27H,14H2,1-3H3,(H,29,31)/b28-13-. The molecule has 162 valence electrons. The summed E-state index contributed by atoms with van der Waals surface area (Å²) >= 11 is 0. The minimum atomic E-state index is -4.44. The van der Waals surface area contributed by atoms with E-state index in [0.717, 1.165) is 40.3 Å². The third-order valence-corrected chi connectivity index (χ3v) is 4.86. The number of hydrogen-bond acceptors (Lipinski definition) is 3. The van der Waals surface area contributed by atoms with Crippen molar-refractivity contribution in [2.45, 2.75) is 26.9 Å². The van der Waals surface area contributed by atoms with Crippen LogP contribution in [0.2, 0.25) is 0 Å². The van der Waals surface area contributed by atoms with Crippen LogP contribution in [0.3, 0.4) is 0 Å². The maximum absolute atomic E-state index is 12.8. The summed E-state index contributed by atoms with van der Waals surface area (Å²) in [6.07, 6.45) is -2.88. The summed E-state index contributed by atoms with van der Waals surface area (Å²) in [4.78, 5) is 12.0. The van der Waals surface area contributed by atoms with E-state index in [4.69, 9.17) is 0 Å². The van der Waals surface area contributed by atoms with Crippen molar-refractivity contribution in [1.29, 1.82) is 0 Å². The van der Waals surface area contributed by atoms with Crippen molar-refractivity contribution >= 4 is 17.8 Å². The lowest BCUT2D eigenvalue weighted by atomic mass is 10.2. The van der Waals surface area contributed by atoms with Gasteiger partial charge in [-0.25, -0.2) is 5.43 Å². The number of halogens is 3. The molecule has 0 saturated carbocycles. The van der Waals surface area contributed by atoms with Gasteiger partial charge in [0.05, 0.1) is 18.3 Å². The molecule has 3 aromatic rings. The number of nitrogens with one attached hydrogen (secondary N) is 2. The fourth-order valence-corrected chi connectivity index (χ4v) is 3.30. The number of alkyl halides is 3. The summed E-state index contributed by atoms with van der Waals surface area (Å²) in [6, 6.07) is 14.7. The van der Waals surface area contributed by atoms with Gasteiger partial charge in [0.2, 0.25) is 0 Å². The molecule has 1 heterocycles. The van der Waals surface area contributed by atoms with Gasteiger partial charge in [-0.1, -0.05) is 24.3 Å². The van der Waals surface area contributed by atoms with Crippen LogP contribution in [-0.4, -0.2) is 23.2 Å². The molecule has 0 unspecified atom stereocenters. The lowest BCUT2D eigenvalue weighted by Gasteiger charge is -2.12. The molecular weight excluding hydrogens is 405 g/mol. The van der Waals surface area contributed by atoms with Crippen LogP contribution in [0.5, 0.6) is 0 Å². The van der Waals surface area contributed by atoms with Crippen molar-refractivity contribution in [2.24, 2.45) is 5.10 Å². The Kier molecular flexibility index (Phi) is 6.48. The Hall–Kier alpha value is -3.55. The number of nitrogens with zero attached hydrogens (tertiary/aromatic N) is 2. The second-order valence-electron chi connectivity index (χ2n) is 7.17. The molecule has 0 radical (unpaired) electrons. The average Bonchev–Trinajstić information content (AvgIpc) is 3.00. The van der Waals surface area contributed by atoms with E-state index < -0.39 is 17.6 Å². The molecular formula is C23H23F3N4O. The Balaban J connectivity index is 1.62. The van der Waals surface area contributed by atoms with Gasteiger partial charge in [0.25, 0.3) is 5.91 Å². The highest BCUT2D eigenvalue weighted by molar-refractivity contribution is 5.85. The molecule has 2 N–H and O–H groups in total. The number of anilines is 1. The van der Waals surface area contributed by atoms with Crippen LogP contribution in [0, 0.1) is 20.8 Å². The highest BCUT2D eigenvalue weighted by atomic mass is 19.4. The minimum Gasteiger partial charge on any atom is -0.376 e. The molecule has 3 rings (SSSR count). The monoisotopic (exact) mass is 428 g/mol. The van der Waals surface area contributed by atoms with Crippen LogP contribution < -0.4 is 10.7 Å². The molecule has 0 bridgehead atoms. The Labute approximate surface area is 178 Å². The van der Waals surface area contributed by atoms with Crippen LogP contribution >= 0.6 is 0 Å². The zero-order valence-corrected chi connectivity index (χ0v) is 17.4. The van der Waals surface area contributed by atoms with E-state index in [1.807, 2.05) is 51.1 Å². The van der Waals surface area contributed by atoms with Gasteiger partial charge in [0.15, 0.2) is 0 Å². The molecule has 0 aliphatic heterocycles. The highest BCUT2D eigenvalue weighted by Crippen LogP contribution is 2.30. The summed E-state index contributed by atoms with van der Waals surface area (Å²) < 4.78 is 40.4. The molecule has 5 nitrogen and oxygen atoms in total. The van der Waals surface area contributed by atoms with Gasteiger partial charge in [0, 0.05) is 28.3 Å². The number of benzene rings is 2. The quantitative estimate of drug-likeness (QED) is 0.430. The summed E-state index contributed by atoms with van der Waals surface area (Å²) in [5.74, 6) is -0.471. The number of carbonyl (C=O) groups excluding carboxylic acids is 1. The molecule has 0 atom stereocenters. The van der Waals surface area contributed by atoms with Crippen LogP contribution in [0.1, 0.15) is 28.1 Å².